The number of nitrogens with one attached hydrogen (secondary N) is 2. The predicted octanol–water partition coefficient (Wildman–Crippen LogP) is 8.34. The van der Waals surface area contributed by atoms with Gasteiger partial charge in [-0.25, -0.2) is 29.3 Å². The molecule has 0 radical (unpaired) electrons. The number of nitrogens with zero attached hydrogens (tertiary/aromatic N) is 4. The van der Waals surface area contributed by atoms with E-state index in [0.29, 0.717) is 60.0 Å². The van der Waals surface area contributed by atoms with Gasteiger partial charge in [-0.1, -0.05) is 12.1 Å². The first-order valence-corrected chi connectivity index (χ1v) is 16.6. The Hall–Kier alpha value is -5.20. The summed E-state index contributed by atoms with van der Waals surface area (Å²) >= 11 is 0. The number of aromatic nitrogens is 2. The molecule has 1 saturated heterocycles. The van der Waals surface area contributed by atoms with E-state index in [1.807, 2.05) is 45.0 Å². The van der Waals surface area contributed by atoms with E-state index in [2.05, 4.69) is 10.3 Å². The maximum absolute atomic E-state index is 13.7. The smallest absolute Gasteiger partial charge is 0.420 e. The Balaban J connectivity index is 1.58. The summed E-state index contributed by atoms with van der Waals surface area (Å²) in [4.78, 5) is 50.8. The molecule has 0 spiro atoms. The molecule has 4 rings (SSSR count). The van der Waals surface area contributed by atoms with Crippen LogP contribution in [0.4, 0.5) is 31.6 Å². The average Bonchev–Trinajstić information content (AvgIpc) is 3.00. The summed E-state index contributed by atoms with van der Waals surface area (Å²) in [5.41, 5.74) is -0.398. The molecule has 0 atom stereocenters. The molecule has 13 heteroatoms. The summed E-state index contributed by atoms with van der Waals surface area (Å²) in [6.45, 7) is 17.2. The SMILES string of the molecule is CC(C)(C)OC(=O)Nc1ccc(N(C(=O)OC(C)(C)C)c2ccnc(-c3cccc(OC4CCN(C(=O)OC(C)(C)C)CC4)c3)n2)cc1C=N. The quantitative estimate of drug-likeness (QED) is 0.184. The van der Waals surface area contributed by atoms with E-state index in [-0.39, 0.29) is 18.0 Å². The number of rotatable bonds is 7. The Morgan fingerprint density at radius 3 is 2.16 bits per heavy atom. The van der Waals surface area contributed by atoms with E-state index in [1.165, 1.54) is 4.90 Å². The van der Waals surface area contributed by atoms with Crippen LogP contribution in [0.5, 0.6) is 5.75 Å². The first-order valence-electron chi connectivity index (χ1n) is 16.6. The number of anilines is 3. The van der Waals surface area contributed by atoms with Crippen LogP contribution in [0.3, 0.4) is 0 Å². The minimum absolute atomic E-state index is 0.0883. The van der Waals surface area contributed by atoms with Crippen molar-refractivity contribution < 1.29 is 33.3 Å². The van der Waals surface area contributed by atoms with Gasteiger partial charge in [0.15, 0.2) is 5.82 Å². The topological polar surface area (TPSA) is 156 Å². The van der Waals surface area contributed by atoms with Crippen molar-refractivity contribution in [3.8, 4) is 17.1 Å². The molecule has 1 aromatic heterocycles. The van der Waals surface area contributed by atoms with Crippen LogP contribution < -0.4 is 15.0 Å². The molecule has 3 amide bonds. The Kier molecular flexibility index (Phi) is 11.4. The maximum atomic E-state index is 13.7. The van der Waals surface area contributed by atoms with Crippen molar-refractivity contribution in [1.82, 2.24) is 14.9 Å². The van der Waals surface area contributed by atoms with E-state index in [0.717, 1.165) is 6.21 Å². The number of piperidine rings is 1. The zero-order valence-electron chi connectivity index (χ0n) is 30.3. The van der Waals surface area contributed by atoms with Crippen molar-refractivity contribution in [1.29, 1.82) is 5.41 Å². The molecule has 13 nitrogen and oxygen atoms in total. The molecule has 1 aliphatic heterocycles. The number of hydrogen-bond donors (Lipinski definition) is 2. The number of likely N-dealkylation sites (tertiary alicyclic amines) is 1. The summed E-state index contributed by atoms with van der Waals surface area (Å²) in [5.74, 6) is 1.20. The third-order valence-corrected chi connectivity index (χ3v) is 7.02. The molecular weight excluding hydrogens is 640 g/mol. The summed E-state index contributed by atoms with van der Waals surface area (Å²) in [6.07, 6.45) is 2.16. The van der Waals surface area contributed by atoms with Crippen LogP contribution in [0.1, 0.15) is 80.7 Å². The van der Waals surface area contributed by atoms with Gasteiger partial charge in [-0.3, -0.25) is 5.32 Å². The molecule has 1 aliphatic rings. The largest absolute Gasteiger partial charge is 0.490 e. The van der Waals surface area contributed by atoms with Gasteiger partial charge in [0, 0.05) is 49.5 Å². The van der Waals surface area contributed by atoms with Gasteiger partial charge >= 0.3 is 18.3 Å². The second kappa shape index (κ2) is 15.1. The van der Waals surface area contributed by atoms with E-state index < -0.39 is 29.0 Å². The standard InChI is InChI=1S/C37H48N6O7/c1-35(2,3)48-32(44)40-29-14-13-26(21-25(29)23-38)43(34(46)50-37(7,8)9)30-15-18-39-31(41-30)24-11-10-12-28(22-24)47-27-16-19-42(20-17-27)33(45)49-36(4,5)6/h10-15,18,21-23,27,38H,16-17,19-20H2,1-9H3,(H,40,44). The van der Waals surface area contributed by atoms with Crippen molar-refractivity contribution in [2.24, 2.45) is 0 Å². The molecule has 0 saturated carbocycles. The lowest BCUT2D eigenvalue weighted by Crippen LogP contribution is -2.44. The minimum atomic E-state index is -0.817. The van der Waals surface area contributed by atoms with Crippen molar-refractivity contribution in [3.05, 3.63) is 60.3 Å². The van der Waals surface area contributed by atoms with E-state index in [1.54, 1.807) is 76.9 Å². The lowest BCUT2D eigenvalue weighted by atomic mass is 10.1. The van der Waals surface area contributed by atoms with Gasteiger partial charge in [-0.05, 0) is 98.7 Å². The lowest BCUT2D eigenvalue weighted by Gasteiger charge is -2.33. The first-order chi connectivity index (χ1) is 23.3. The van der Waals surface area contributed by atoms with Crippen molar-refractivity contribution in [2.45, 2.75) is 98.1 Å². The van der Waals surface area contributed by atoms with Crippen LogP contribution in [-0.4, -0.2) is 75.4 Å². The highest BCUT2D eigenvalue weighted by atomic mass is 16.6. The highest BCUT2D eigenvalue weighted by molar-refractivity contribution is 5.99. The van der Waals surface area contributed by atoms with Crippen LogP contribution in [0.15, 0.2) is 54.7 Å². The number of carbonyl (C=O) groups is 3. The molecule has 1 fully saturated rings. The molecule has 2 aromatic carbocycles. The molecule has 0 bridgehead atoms. The fourth-order valence-corrected chi connectivity index (χ4v) is 4.97. The van der Waals surface area contributed by atoms with Crippen molar-refractivity contribution >= 4 is 41.7 Å². The number of benzene rings is 2. The highest BCUT2D eigenvalue weighted by Crippen LogP contribution is 2.32. The zero-order chi connectivity index (χ0) is 36.9. The lowest BCUT2D eigenvalue weighted by molar-refractivity contribution is 0.0126. The van der Waals surface area contributed by atoms with Crippen LogP contribution in [0, 0.1) is 5.41 Å². The molecule has 268 valence electrons. The van der Waals surface area contributed by atoms with E-state index in [4.69, 9.17) is 29.3 Å². The van der Waals surface area contributed by atoms with Crippen molar-refractivity contribution in [2.75, 3.05) is 23.3 Å². The fraction of sp³-hybridized carbons (Fsp3) is 0.459. The third-order valence-electron chi connectivity index (χ3n) is 7.02. The van der Waals surface area contributed by atoms with Crippen LogP contribution in [0.25, 0.3) is 11.4 Å². The number of carbonyl (C=O) groups excluding carboxylic acids is 3. The summed E-state index contributed by atoms with van der Waals surface area (Å²) in [6, 6.07) is 13.7. The monoisotopic (exact) mass is 688 g/mol. The molecular formula is C37H48N6O7. The predicted molar refractivity (Wildman–Crippen MR) is 191 cm³/mol. The van der Waals surface area contributed by atoms with Crippen molar-refractivity contribution in [3.63, 3.8) is 0 Å². The molecule has 3 aromatic rings. The number of ether oxygens (including phenoxy) is 4. The van der Waals surface area contributed by atoms with Crippen LogP contribution in [0.2, 0.25) is 0 Å². The van der Waals surface area contributed by atoms with Crippen LogP contribution >= 0.6 is 0 Å². The average molecular weight is 689 g/mol. The van der Waals surface area contributed by atoms with Gasteiger partial charge in [0.2, 0.25) is 0 Å². The summed E-state index contributed by atoms with van der Waals surface area (Å²) in [7, 11) is 0. The Bertz CT molecular complexity index is 1700. The van der Waals surface area contributed by atoms with Gasteiger partial charge in [-0.2, -0.15) is 0 Å². The molecule has 2 N–H and O–H groups in total. The molecule has 2 heterocycles. The normalized spacial score (nSPS) is 14.0. The number of hydrogen-bond acceptors (Lipinski definition) is 10. The molecule has 0 unspecified atom stereocenters. The third kappa shape index (κ3) is 10.9. The van der Waals surface area contributed by atoms with Gasteiger partial charge in [0.1, 0.15) is 34.5 Å². The zero-order valence-corrected chi connectivity index (χ0v) is 30.3. The molecule has 50 heavy (non-hydrogen) atoms. The molecule has 0 aliphatic carbocycles. The van der Waals surface area contributed by atoms with E-state index in [9.17, 15) is 14.4 Å². The second-order valence-corrected chi connectivity index (χ2v) is 14.9. The van der Waals surface area contributed by atoms with Crippen LogP contribution in [-0.2, 0) is 14.2 Å². The maximum Gasteiger partial charge on any atom is 0.420 e. The number of amides is 3. The summed E-state index contributed by atoms with van der Waals surface area (Å²) in [5, 5.41) is 10.7. The second-order valence-electron chi connectivity index (χ2n) is 14.9. The van der Waals surface area contributed by atoms with Gasteiger partial charge in [0.25, 0.3) is 0 Å². The highest BCUT2D eigenvalue weighted by Gasteiger charge is 2.29. The Labute approximate surface area is 293 Å². The Morgan fingerprint density at radius 2 is 1.54 bits per heavy atom. The summed E-state index contributed by atoms with van der Waals surface area (Å²) < 4.78 is 22.9. The fourth-order valence-electron chi connectivity index (χ4n) is 4.97. The van der Waals surface area contributed by atoms with Gasteiger partial charge < -0.3 is 29.3 Å². The Morgan fingerprint density at radius 1 is 0.880 bits per heavy atom. The van der Waals surface area contributed by atoms with Gasteiger partial charge in [-0.15, -0.1) is 0 Å². The van der Waals surface area contributed by atoms with Gasteiger partial charge in [0.05, 0.1) is 11.4 Å². The van der Waals surface area contributed by atoms with E-state index >= 15 is 0 Å². The minimum Gasteiger partial charge on any atom is -0.490 e. The first kappa shape index (κ1) is 37.6.